The lowest BCUT2D eigenvalue weighted by molar-refractivity contribution is -0.134. The first-order chi connectivity index (χ1) is 12.0. The average molecular weight is 391 g/mol. The van der Waals surface area contributed by atoms with E-state index in [4.69, 9.17) is 23.2 Å². The summed E-state index contributed by atoms with van der Waals surface area (Å²) in [6.45, 7) is 0. The number of amidine groups is 1. The van der Waals surface area contributed by atoms with Crippen LogP contribution in [-0.2, 0) is 9.59 Å². The Morgan fingerprint density at radius 2 is 1.48 bits per heavy atom. The van der Waals surface area contributed by atoms with E-state index >= 15 is 0 Å². The quantitative estimate of drug-likeness (QED) is 0.768. The standard InChI is InChI=1S/C18H12Cl2N2O2S/c19-12-5-1-10(2-6-12)15-17(24)16(11-3-7-13(20)8-4-11)22-14(23)9-25-18(22)21-15/h1-8,15-16H,9H2. The molecule has 2 unspecified atom stereocenters. The first-order valence-electron chi connectivity index (χ1n) is 7.62. The van der Waals surface area contributed by atoms with Crippen molar-refractivity contribution in [2.45, 2.75) is 12.1 Å². The Labute approximate surface area is 158 Å². The molecule has 1 fully saturated rings. The second kappa shape index (κ2) is 6.48. The van der Waals surface area contributed by atoms with Gasteiger partial charge in [-0.15, -0.1) is 0 Å². The molecular formula is C18H12Cl2N2O2S. The number of carbonyl (C=O) groups is 2. The molecule has 2 aromatic rings. The predicted octanol–water partition coefficient (Wildman–Crippen LogP) is 4.29. The van der Waals surface area contributed by atoms with Gasteiger partial charge in [-0.2, -0.15) is 0 Å². The van der Waals surface area contributed by atoms with Crippen LogP contribution in [-0.4, -0.2) is 27.5 Å². The number of hydrogen-bond donors (Lipinski definition) is 0. The number of halogens is 2. The topological polar surface area (TPSA) is 49.7 Å². The number of nitrogens with zero attached hydrogens (tertiary/aromatic N) is 2. The normalized spacial score (nSPS) is 22.8. The van der Waals surface area contributed by atoms with E-state index in [-0.39, 0.29) is 11.7 Å². The molecule has 4 nitrogen and oxygen atoms in total. The van der Waals surface area contributed by atoms with Gasteiger partial charge in [0, 0.05) is 10.0 Å². The van der Waals surface area contributed by atoms with Gasteiger partial charge in [0.15, 0.2) is 11.0 Å². The van der Waals surface area contributed by atoms with Gasteiger partial charge >= 0.3 is 0 Å². The average Bonchev–Trinajstić information content (AvgIpc) is 2.97. The summed E-state index contributed by atoms with van der Waals surface area (Å²) < 4.78 is 0. The van der Waals surface area contributed by atoms with Crippen LogP contribution in [0.15, 0.2) is 53.5 Å². The first kappa shape index (κ1) is 16.6. The van der Waals surface area contributed by atoms with Crippen molar-refractivity contribution in [2.75, 3.05) is 5.75 Å². The summed E-state index contributed by atoms with van der Waals surface area (Å²) in [5.41, 5.74) is 1.50. The molecule has 2 aromatic carbocycles. The zero-order valence-electron chi connectivity index (χ0n) is 12.9. The number of benzene rings is 2. The van der Waals surface area contributed by atoms with E-state index < -0.39 is 12.1 Å². The van der Waals surface area contributed by atoms with Crippen molar-refractivity contribution in [3.8, 4) is 0 Å². The summed E-state index contributed by atoms with van der Waals surface area (Å²) in [6.07, 6.45) is 0. The van der Waals surface area contributed by atoms with Crippen molar-refractivity contribution in [2.24, 2.45) is 4.99 Å². The van der Waals surface area contributed by atoms with Crippen LogP contribution in [0.4, 0.5) is 0 Å². The molecule has 2 aliphatic heterocycles. The molecule has 2 heterocycles. The van der Waals surface area contributed by atoms with Gasteiger partial charge in [-0.3, -0.25) is 14.5 Å². The Bertz CT molecular complexity index is 881. The number of Topliss-reactive ketones (excluding diaryl/α,β-unsaturated/α-hetero) is 1. The summed E-state index contributed by atoms with van der Waals surface area (Å²) in [7, 11) is 0. The van der Waals surface area contributed by atoms with Crippen LogP contribution in [0.25, 0.3) is 0 Å². The smallest absolute Gasteiger partial charge is 0.239 e. The molecule has 4 rings (SSSR count). The molecule has 0 spiro atoms. The number of fused-ring (bicyclic) bond motifs is 1. The van der Waals surface area contributed by atoms with Gasteiger partial charge < -0.3 is 0 Å². The molecule has 1 amide bonds. The molecule has 0 bridgehead atoms. The Kier molecular flexibility index (Phi) is 4.31. The highest BCUT2D eigenvalue weighted by Gasteiger charge is 2.45. The number of amides is 1. The van der Waals surface area contributed by atoms with E-state index in [0.29, 0.717) is 21.0 Å². The molecule has 7 heteroatoms. The second-order valence-corrected chi connectivity index (χ2v) is 7.59. The van der Waals surface area contributed by atoms with Gasteiger partial charge in [0.25, 0.3) is 0 Å². The van der Waals surface area contributed by atoms with Gasteiger partial charge in [-0.05, 0) is 35.4 Å². The van der Waals surface area contributed by atoms with Crippen molar-refractivity contribution in [1.29, 1.82) is 0 Å². The third-order valence-electron chi connectivity index (χ3n) is 4.21. The Hall–Kier alpha value is -1.82. The molecule has 0 saturated carbocycles. The highest BCUT2D eigenvalue weighted by atomic mass is 35.5. The maximum absolute atomic E-state index is 13.2. The van der Waals surface area contributed by atoms with Gasteiger partial charge in [0.05, 0.1) is 5.75 Å². The molecule has 0 radical (unpaired) electrons. The minimum Gasteiger partial charge on any atom is -0.294 e. The monoisotopic (exact) mass is 390 g/mol. The SMILES string of the molecule is O=C1C(c2ccc(Cl)cc2)N=C2SCC(=O)N2C1c1ccc(Cl)cc1. The predicted molar refractivity (Wildman–Crippen MR) is 100 cm³/mol. The van der Waals surface area contributed by atoms with Crippen LogP contribution < -0.4 is 0 Å². The van der Waals surface area contributed by atoms with E-state index in [9.17, 15) is 9.59 Å². The zero-order valence-corrected chi connectivity index (χ0v) is 15.2. The Morgan fingerprint density at radius 3 is 2.08 bits per heavy atom. The summed E-state index contributed by atoms with van der Waals surface area (Å²) in [6, 6.07) is 12.7. The van der Waals surface area contributed by atoms with Gasteiger partial charge in [0.2, 0.25) is 5.91 Å². The largest absolute Gasteiger partial charge is 0.294 e. The lowest BCUT2D eigenvalue weighted by atomic mass is 9.91. The fraction of sp³-hybridized carbons (Fsp3) is 0.167. The van der Waals surface area contributed by atoms with Crippen molar-refractivity contribution in [3.05, 3.63) is 69.7 Å². The van der Waals surface area contributed by atoms with E-state index in [1.54, 1.807) is 48.5 Å². The summed E-state index contributed by atoms with van der Waals surface area (Å²) >= 11 is 13.3. The van der Waals surface area contributed by atoms with Crippen LogP contribution >= 0.6 is 35.0 Å². The number of ketones is 1. The minimum atomic E-state index is -0.687. The highest BCUT2D eigenvalue weighted by molar-refractivity contribution is 8.15. The molecule has 126 valence electrons. The number of aliphatic imine (C=N–C) groups is 1. The molecule has 0 aliphatic carbocycles. The van der Waals surface area contributed by atoms with Gasteiger partial charge in [-0.1, -0.05) is 59.2 Å². The molecule has 2 atom stereocenters. The van der Waals surface area contributed by atoms with E-state index in [0.717, 1.165) is 11.1 Å². The first-order valence-corrected chi connectivity index (χ1v) is 9.36. The number of rotatable bonds is 2. The van der Waals surface area contributed by atoms with Crippen molar-refractivity contribution in [1.82, 2.24) is 4.90 Å². The molecule has 1 saturated heterocycles. The van der Waals surface area contributed by atoms with Crippen LogP contribution in [0, 0.1) is 0 Å². The summed E-state index contributed by atoms with van der Waals surface area (Å²) in [5.74, 6) is 0.0552. The number of thioether (sulfide) groups is 1. The summed E-state index contributed by atoms with van der Waals surface area (Å²) in [4.78, 5) is 31.6. The van der Waals surface area contributed by atoms with Gasteiger partial charge in [-0.25, -0.2) is 4.99 Å². The van der Waals surface area contributed by atoms with Crippen LogP contribution in [0.5, 0.6) is 0 Å². The Morgan fingerprint density at radius 1 is 0.920 bits per heavy atom. The van der Waals surface area contributed by atoms with Crippen molar-refractivity contribution >= 4 is 51.8 Å². The fourth-order valence-corrected chi connectivity index (χ4v) is 4.19. The molecule has 0 aromatic heterocycles. The van der Waals surface area contributed by atoms with E-state index in [1.165, 1.54) is 16.7 Å². The van der Waals surface area contributed by atoms with Crippen molar-refractivity contribution in [3.63, 3.8) is 0 Å². The van der Waals surface area contributed by atoms with Crippen LogP contribution in [0.1, 0.15) is 23.2 Å². The minimum absolute atomic E-state index is 0.105. The third-order valence-corrected chi connectivity index (χ3v) is 5.66. The molecule has 0 N–H and O–H groups in total. The van der Waals surface area contributed by atoms with Gasteiger partial charge in [0.1, 0.15) is 12.1 Å². The second-order valence-electron chi connectivity index (χ2n) is 5.77. The molecule has 25 heavy (non-hydrogen) atoms. The third kappa shape index (κ3) is 2.97. The molecular weight excluding hydrogens is 379 g/mol. The highest BCUT2D eigenvalue weighted by Crippen LogP contribution is 2.40. The van der Waals surface area contributed by atoms with Crippen LogP contribution in [0.2, 0.25) is 10.0 Å². The van der Waals surface area contributed by atoms with Crippen molar-refractivity contribution < 1.29 is 9.59 Å². The zero-order chi connectivity index (χ0) is 17.6. The van der Waals surface area contributed by atoms with E-state index in [2.05, 4.69) is 4.99 Å². The Balaban J connectivity index is 1.81. The summed E-state index contributed by atoms with van der Waals surface area (Å²) in [5, 5.41) is 1.77. The van der Waals surface area contributed by atoms with E-state index in [1.807, 2.05) is 0 Å². The number of carbonyl (C=O) groups excluding carboxylic acids is 2. The van der Waals surface area contributed by atoms with Crippen LogP contribution in [0.3, 0.4) is 0 Å². The number of hydrogen-bond acceptors (Lipinski definition) is 4. The lowest BCUT2D eigenvalue weighted by Gasteiger charge is -2.33. The maximum atomic E-state index is 13.2. The fourth-order valence-electron chi connectivity index (χ4n) is 3.02. The lowest BCUT2D eigenvalue weighted by Crippen LogP contribution is -2.43. The maximum Gasteiger partial charge on any atom is 0.239 e. The molecule has 2 aliphatic rings.